The second-order valence-electron chi connectivity index (χ2n) is 12.3. The second-order valence-corrected chi connectivity index (χ2v) is 13.1. The van der Waals surface area contributed by atoms with Crippen LogP contribution in [0.3, 0.4) is 0 Å². The molecule has 0 bridgehead atoms. The van der Waals surface area contributed by atoms with Crippen LogP contribution in [0.5, 0.6) is 0 Å². The van der Waals surface area contributed by atoms with Crippen LogP contribution in [0.2, 0.25) is 5.02 Å². The Hall–Kier alpha value is -2.26. The van der Waals surface area contributed by atoms with E-state index in [-0.39, 0.29) is 28.0 Å². The number of nitrogens with one attached hydrogen (secondary N) is 3. The van der Waals surface area contributed by atoms with Crippen LogP contribution in [0.1, 0.15) is 77.7 Å². The maximum absolute atomic E-state index is 13.9. The molecule has 236 valence electrons. The van der Waals surface area contributed by atoms with Gasteiger partial charge in [0.25, 0.3) is 0 Å². The summed E-state index contributed by atoms with van der Waals surface area (Å²) in [6.45, 7) is 14.0. The van der Waals surface area contributed by atoms with Gasteiger partial charge in [-0.25, -0.2) is 8.78 Å². The lowest BCUT2D eigenvalue weighted by atomic mass is 9.85. The highest BCUT2D eigenvalue weighted by Gasteiger charge is 2.30. The number of allylic oxidation sites excluding steroid dienone is 5. The molecule has 10 heteroatoms. The standard InChI is InChI=1S/C18H18Cl2F2N2O.C9H17NO2.C5H12/c1-11(21)15(19)5-3-2-4-12-8-23-9-14(12)13-6-17(22)16(20)7-18(13)24-10-25;11-7-10-5-1-2-8-3-4-9(12)6-8;1-5(2,3)4/h2-3,5-7,10,12,14,23H,1,4,8-9H2,(H,24,25);7-9,12H,1-6H2,(H,10,11);1-4H3/b3-2-,15-5+;;/t12-,14+;8?,9-;/m00./s1. The molecule has 2 aliphatic rings. The van der Waals surface area contributed by atoms with E-state index in [2.05, 4.69) is 50.2 Å². The van der Waals surface area contributed by atoms with Gasteiger partial charge in [-0.3, -0.25) is 9.59 Å². The first-order chi connectivity index (χ1) is 19.8. The molecule has 1 unspecified atom stereocenters. The summed E-state index contributed by atoms with van der Waals surface area (Å²) < 4.78 is 26.7. The average molecular weight is 631 g/mol. The van der Waals surface area contributed by atoms with Gasteiger partial charge < -0.3 is 21.1 Å². The van der Waals surface area contributed by atoms with E-state index in [4.69, 9.17) is 23.2 Å². The summed E-state index contributed by atoms with van der Waals surface area (Å²) in [7, 11) is 0. The molecule has 0 radical (unpaired) electrons. The molecule has 4 atom stereocenters. The highest BCUT2D eigenvalue weighted by atomic mass is 35.5. The number of aliphatic hydroxyl groups is 1. The number of amides is 2. The number of aliphatic hydroxyl groups excluding tert-OH is 1. The summed E-state index contributed by atoms with van der Waals surface area (Å²) in [5.74, 6) is -0.328. The highest BCUT2D eigenvalue weighted by molar-refractivity contribution is 6.31. The zero-order valence-electron chi connectivity index (χ0n) is 25.2. The van der Waals surface area contributed by atoms with Crippen LogP contribution in [0.4, 0.5) is 14.5 Å². The van der Waals surface area contributed by atoms with Gasteiger partial charge in [0.2, 0.25) is 12.8 Å². The van der Waals surface area contributed by atoms with Crippen LogP contribution in [0.25, 0.3) is 0 Å². The quantitative estimate of drug-likeness (QED) is 0.109. The molecule has 2 fully saturated rings. The fraction of sp³-hybridized carbons (Fsp3) is 0.562. The second kappa shape index (κ2) is 19.8. The molecule has 6 nitrogen and oxygen atoms in total. The number of halogens is 4. The topological polar surface area (TPSA) is 90.5 Å². The van der Waals surface area contributed by atoms with Gasteiger partial charge in [-0.05, 0) is 86.1 Å². The molecule has 1 heterocycles. The number of anilines is 1. The fourth-order valence-electron chi connectivity index (χ4n) is 4.76. The van der Waals surface area contributed by atoms with E-state index < -0.39 is 11.6 Å². The van der Waals surface area contributed by atoms with E-state index in [9.17, 15) is 23.5 Å². The molecular weight excluding hydrogens is 583 g/mol. The first-order valence-corrected chi connectivity index (χ1v) is 15.1. The van der Waals surface area contributed by atoms with Crippen LogP contribution in [0.15, 0.2) is 47.8 Å². The Bertz CT molecular complexity index is 1050. The van der Waals surface area contributed by atoms with Gasteiger partial charge >= 0.3 is 0 Å². The largest absolute Gasteiger partial charge is 0.393 e. The number of carbonyl (C=O) groups excluding carboxylic acids is 2. The number of hydrogen-bond donors (Lipinski definition) is 4. The lowest BCUT2D eigenvalue weighted by Crippen LogP contribution is -2.13. The van der Waals surface area contributed by atoms with E-state index in [1.165, 1.54) is 18.2 Å². The van der Waals surface area contributed by atoms with Crippen molar-refractivity contribution in [3.63, 3.8) is 0 Å². The first kappa shape index (κ1) is 37.8. The molecule has 1 saturated carbocycles. The van der Waals surface area contributed by atoms with Crippen molar-refractivity contribution in [2.24, 2.45) is 17.3 Å². The van der Waals surface area contributed by atoms with Crippen LogP contribution < -0.4 is 16.0 Å². The Morgan fingerprint density at radius 2 is 1.88 bits per heavy atom. The maximum Gasteiger partial charge on any atom is 0.211 e. The lowest BCUT2D eigenvalue weighted by molar-refractivity contribution is -0.109. The van der Waals surface area contributed by atoms with Crippen LogP contribution in [0, 0.1) is 23.1 Å². The Balaban J connectivity index is 0.000000428. The molecule has 1 saturated heterocycles. The van der Waals surface area contributed by atoms with Gasteiger partial charge in [0.05, 0.1) is 16.2 Å². The van der Waals surface area contributed by atoms with Crippen molar-refractivity contribution >= 4 is 41.7 Å². The summed E-state index contributed by atoms with van der Waals surface area (Å²) in [6, 6.07) is 2.79. The minimum absolute atomic E-state index is 0.00876. The molecule has 1 aromatic carbocycles. The normalized spacial score (nSPS) is 22.1. The minimum Gasteiger partial charge on any atom is -0.393 e. The Morgan fingerprint density at radius 1 is 1.19 bits per heavy atom. The summed E-state index contributed by atoms with van der Waals surface area (Å²) in [6.07, 6.45) is 12.1. The van der Waals surface area contributed by atoms with Gasteiger partial charge in [-0.1, -0.05) is 69.6 Å². The van der Waals surface area contributed by atoms with Gasteiger partial charge in [0.15, 0.2) is 0 Å². The summed E-state index contributed by atoms with van der Waals surface area (Å²) >= 11 is 11.5. The third kappa shape index (κ3) is 15.8. The molecule has 1 aromatic rings. The Morgan fingerprint density at radius 3 is 2.45 bits per heavy atom. The van der Waals surface area contributed by atoms with E-state index in [1.807, 2.05) is 6.08 Å². The third-order valence-electron chi connectivity index (χ3n) is 6.65. The average Bonchev–Trinajstić information content (AvgIpc) is 3.54. The first-order valence-electron chi connectivity index (χ1n) is 14.4. The molecule has 4 N–H and O–H groups in total. The molecule has 42 heavy (non-hydrogen) atoms. The summed E-state index contributed by atoms with van der Waals surface area (Å²) in [5, 5.41) is 17.6. The Labute approximate surface area is 260 Å². The van der Waals surface area contributed by atoms with E-state index in [0.717, 1.165) is 51.6 Å². The van der Waals surface area contributed by atoms with Crippen LogP contribution in [-0.2, 0) is 9.59 Å². The van der Waals surface area contributed by atoms with Gasteiger partial charge in [0, 0.05) is 24.7 Å². The number of rotatable bonds is 12. The van der Waals surface area contributed by atoms with Gasteiger partial charge in [-0.2, -0.15) is 0 Å². The molecule has 2 amide bonds. The minimum atomic E-state index is -0.687. The van der Waals surface area contributed by atoms with Crippen molar-refractivity contribution < 1.29 is 23.5 Å². The van der Waals surface area contributed by atoms with Crippen molar-refractivity contribution in [1.82, 2.24) is 10.6 Å². The number of benzene rings is 1. The third-order valence-corrected chi connectivity index (χ3v) is 7.27. The molecule has 1 aliphatic carbocycles. The Kier molecular flexibility index (Phi) is 17.8. The predicted octanol–water partition coefficient (Wildman–Crippen LogP) is 7.63. The van der Waals surface area contributed by atoms with Crippen molar-refractivity contribution in [2.45, 2.75) is 78.2 Å². The zero-order valence-corrected chi connectivity index (χ0v) is 26.7. The molecule has 3 rings (SSSR count). The van der Waals surface area contributed by atoms with E-state index in [0.29, 0.717) is 42.0 Å². The van der Waals surface area contributed by atoms with Crippen molar-refractivity contribution in [1.29, 1.82) is 0 Å². The van der Waals surface area contributed by atoms with Crippen LogP contribution >= 0.6 is 23.2 Å². The fourth-order valence-corrected chi connectivity index (χ4v) is 5.00. The lowest BCUT2D eigenvalue weighted by Gasteiger charge is -2.21. The summed E-state index contributed by atoms with van der Waals surface area (Å²) in [4.78, 5) is 20.7. The monoisotopic (exact) mass is 629 g/mol. The van der Waals surface area contributed by atoms with Crippen molar-refractivity contribution in [3.8, 4) is 0 Å². The summed E-state index contributed by atoms with van der Waals surface area (Å²) in [5.41, 5.74) is 1.70. The number of carbonyl (C=O) groups is 2. The van der Waals surface area contributed by atoms with E-state index >= 15 is 0 Å². The maximum atomic E-state index is 13.9. The van der Waals surface area contributed by atoms with E-state index in [1.54, 1.807) is 6.08 Å². The zero-order chi connectivity index (χ0) is 31.7. The molecular formula is C32H47Cl2F2N3O3. The van der Waals surface area contributed by atoms with Crippen molar-refractivity contribution in [3.05, 3.63) is 64.2 Å². The van der Waals surface area contributed by atoms with Gasteiger partial charge in [-0.15, -0.1) is 0 Å². The SMILES string of the molecule is C=C(F)/C(Cl)=C\C=C/C[C@H]1CNC[C@H]1c1cc(F)c(Cl)cc1NC=O.CC(C)(C)C.O=CNCCCC1CC[C@H](O)C1. The van der Waals surface area contributed by atoms with Gasteiger partial charge in [0.1, 0.15) is 11.6 Å². The number of hydrogen-bond acceptors (Lipinski definition) is 4. The molecule has 1 aliphatic heterocycles. The molecule has 0 spiro atoms. The van der Waals surface area contributed by atoms with Crippen molar-refractivity contribution in [2.75, 3.05) is 25.0 Å². The molecule has 0 aromatic heterocycles. The smallest absolute Gasteiger partial charge is 0.211 e. The highest BCUT2D eigenvalue weighted by Crippen LogP contribution is 2.37. The predicted molar refractivity (Wildman–Crippen MR) is 170 cm³/mol. The van der Waals surface area contributed by atoms with Crippen LogP contribution in [-0.4, -0.2) is 43.7 Å².